The summed E-state index contributed by atoms with van der Waals surface area (Å²) in [5.74, 6) is 1.66. The van der Waals surface area contributed by atoms with E-state index in [-0.39, 0.29) is 12.1 Å². The van der Waals surface area contributed by atoms with Crippen LogP contribution < -0.4 is 5.32 Å². The highest BCUT2D eigenvalue weighted by Gasteiger charge is 2.31. The molecule has 2 aliphatic rings. The molecule has 2 aliphatic carbocycles. The van der Waals surface area contributed by atoms with Crippen molar-refractivity contribution in [1.82, 2.24) is 5.32 Å². The van der Waals surface area contributed by atoms with Crippen molar-refractivity contribution in [2.45, 2.75) is 83.4 Å². The highest BCUT2D eigenvalue weighted by atomic mass is 16.5. The quantitative estimate of drug-likeness (QED) is 0.673. The molecule has 20 heavy (non-hydrogen) atoms. The SMILES string of the molecule is CC1CCC(OCCCC(C)(CO)NC2CC2)CC1C. The Morgan fingerprint density at radius 3 is 2.50 bits per heavy atom. The Balaban J connectivity index is 1.60. The summed E-state index contributed by atoms with van der Waals surface area (Å²) in [4.78, 5) is 0. The van der Waals surface area contributed by atoms with Crippen LogP contribution in [0.15, 0.2) is 0 Å². The van der Waals surface area contributed by atoms with Crippen LogP contribution in [0.1, 0.15) is 65.7 Å². The van der Waals surface area contributed by atoms with Gasteiger partial charge in [0.25, 0.3) is 0 Å². The van der Waals surface area contributed by atoms with Crippen molar-refractivity contribution in [1.29, 1.82) is 0 Å². The van der Waals surface area contributed by atoms with E-state index in [4.69, 9.17) is 4.74 Å². The van der Waals surface area contributed by atoms with Gasteiger partial charge in [-0.2, -0.15) is 0 Å². The largest absolute Gasteiger partial charge is 0.394 e. The van der Waals surface area contributed by atoms with Gasteiger partial charge in [-0.3, -0.25) is 0 Å². The van der Waals surface area contributed by atoms with Crippen molar-refractivity contribution in [3.63, 3.8) is 0 Å². The predicted molar refractivity (Wildman–Crippen MR) is 82.8 cm³/mol. The number of nitrogens with one attached hydrogen (secondary N) is 1. The van der Waals surface area contributed by atoms with Gasteiger partial charge < -0.3 is 15.2 Å². The van der Waals surface area contributed by atoms with E-state index < -0.39 is 0 Å². The highest BCUT2D eigenvalue weighted by Crippen LogP contribution is 2.31. The first-order valence-corrected chi connectivity index (χ1v) is 8.52. The average Bonchev–Trinajstić information content (AvgIpc) is 3.22. The molecule has 2 rings (SSSR count). The van der Waals surface area contributed by atoms with Gasteiger partial charge >= 0.3 is 0 Å². The Hall–Kier alpha value is -0.120. The van der Waals surface area contributed by atoms with Crippen molar-refractivity contribution < 1.29 is 9.84 Å². The van der Waals surface area contributed by atoms with Gasteiger partial charge in [0.15, 0.2) is 0 Å². The minimum absolute atomic E-state index is 0.112. The lowest BCUT2D eigenvalue weighted by molar-refractivity contribution is -0.00198. The van der Waals surface area contributed by atoms with Crippen LogP contribution >= 0.6 is 0 Å². The molecule has 0 bridgehead atoms. The maximum absolute atomic E-state index is 9.57. The number of hydrogen-bond donors (Lipinski definition) is 2. The monoisotopic (exact) mass is 283 g/mol. The van der Waals surface area contributed by atoms with Crippen molar-refractivity contribution in [3.8, 4) is 0 Å². The lowest BCUT2D eigenvalue weighted by Crippen LogP contribution is -2.47. The molecule has 0 aromatic carbocycles. The first-order chi connectivity index (χ1) is 9.52. The molecule has 0 heterocycles. The normalized spacial score (nSPS) is 33.9. The number of aliphatic hydroxyl groups is 1. The summed E-state index contributed by atoms with van der Waals surface area (Å²) in [5, 5.41) is 13.1. The fourth-order valence-electron chi connectivity index (χ4n) is 3.28. The smallest absolute Gasteiger partial charge is 0.0610 e. The van der Waals surface area contributed by atoms with E-state index in [1.54, 1.807) is 0 Å². The Kier molecular flexibility index (Phi) is 5.88. The zero-order chi connectivity index (χ0) is 14.6. The third kappa shape index (κ3) is 5.01. The molecular formula is C17H33NO2. The molecular weight excluding hydrogens is 250 g/mol. The Bertz CT molecular complexity index is 293. The maximum atomic E-state index is 9.57. The molecule has 3 heteroatoms. The Morgan fingerprint density at radius 1 is 1.15 bits per heavy atom. The molecule has 2 fully saturated rings. The molecule has 0 amide bonds. The van der Waals surface area contributed by atoms with E-state index in [0.717, 1.165) is 31.3 Å². The second kappa shape index (κ2) is 7.24. The summed E-state index contributed by atoms with van der Waals surface area (Å²) in [6.07, 6.45) is 8.80. The summed E-state index contributed by atoms with van der Waals surface area (Å²) in [5.41, 5.74) is -0.112. The van der Waals surface area contributed by atoms with Gasteiger partial charge in [-0.25, -0.2) is 0 Å². The second-order valence-electron chi connectivity index (χ2n) is 7.50. The molecule has 2 N–H and O–H groups in total. The van der Waals surface area contributed by atoms with Gasteiger partial charge in [0.1, 0.15) is 0 Å². The van der Waals surface area contributed by atoms with Crippen LogP contribution in [0.25, 0.3) is 0 Å². The maximum Gasteiger partial charge on any atom is 0.0610 e. The highest BCUT2D eigenvalue weighted by molar-refractivity contribution is 4.92. The second-order valence-corrected chi connectivity index (χ2v) is 7.50. The molecule has 0 aromatic rings. The van der Waals surface area contributed by atoms with Crippen LogP contribution in [-0.2, 0) is 4.74 Å². The van der Waals surface area contributed by atoms with Crippen LogP contribution in [0.5, 0.6) is 0 Å². The van der Waals surface area contributed by atoms with Gasteiger partial charge in [0.05, 0.1) is 12.7 Å². The number of rotatable bonds is 8. The molecule has 3 nitrogen and oxygen atoms in total. The van der Waals surface area contributed by atoms with E-state index in [9.17, 15) is 5.11 Å². The van der Waals surface area contributed by atoms with Crippen LogP contribution in [-0.4, -0.2) is 36.0 Å². The minimum Gasteiger partial charge on any atom is -0.394 e. The van der Waals surface area contributed by atoms with Crippen molar-refractivity contribution in [2.75, 3.05) is 13.2 Å². The van der Waals surface area contributed by atoms with Gasteiger partial charge in [-0.1, -0.05) is 13.8 Å². The van der Waals surface area contributed by atoms with Crippen molar-refractivity contribution in [2.24, 2.45) is 11.8 Å². The Labute approximate surface area is 124 Å². The third-order valence-corrected chi connectivity index (χ3v) is 5.26. The average molecular weight is 283 g/mol. The van der Waals surface area contributed by atoms with E-state index >= 15 is 0 Å². The van der Waals surface area contributed by atoms with Gasteiger partial charge in [-0.05, 0) is 63.7 Å². The molecule has 0 saturated heterocycles. The fourth-order valence-corrected chi connectivity index (χ4v) is 3.28. The third-order valence-electron chi connectivity index (χ3n) is 5.26. The van der Waals surface area contributed by atoms with Crippen LogP contribution in [0.3, 0.4) is 0 Å². The first kappa shape index (κ1) is 16.3. The zero-order valence-electron chi connectivity index (χ0n) is 13.5. The van der Waals surface area contributed by atoms with Crippen LogP contribution in [0.4, 0.5) is 0 Å². The summed E-state index contributed by atoms with van der Waals surface area (Å²) < 4.78 is 6.05. The molecule has 0 aliphatic heterocycles. The number of aliphatic hydroxyl groups excluding tert-OH is 1. The number of ether oxygens (including phenoxy) is 1. The predicted octanol–water partition coefficient (Wildman–Crippen LogP) is 3.11. The summed E-state index contributed by atoms with van der Waals surface area (Å²) in [6.45, 7) is 7.91. The topological polar surface area (TPSA) is 41.5 Å². The van der Waals surface area contributed by atoms with Gasteiger partial charge in [0, 0.05) is 18.2 Å². The zero-order valence-corrected chi connectivity index (χ0v) is 13.5. The van der Waals surface area contributed by atoms with Gasteiger partial charge in [-0.15, -0.1) is 0 Å². The molecule has 0 spiro atoms. The van der Waals surface area contributed by atoms with Gasteiger partial charge in [0.2, 0.25) is 0 Å². The Morgan fingerprint density at radius 2 is 1.90 bits per heavy atom. The lowest BCUT2D eigenvalue weighted by atomic mass is 9.80. The first-order valence-electron chi connectivity index (χ1n) is 8.52. The van der Waals surface area contributed by atoms with Crippen LogP contribution in [0.2, 0.25) is 0 Å². The molecule has 0 radical (unpaired) electrons. The summed E-state index contributed by atoms with van der Waals surface area (Å²) in [6, 6.07) is 0.647. The summed E-state index contributed by atoms with van der Waals surface area (Å²) in [7, 11) is 0. The van der Waals surface area contributed by atoms with E-state index in [1.165, 1.54) is 32.1 Å². The standard InChI is InChI=1S/C17H33NO2/c1-13-5-8-16(11-14(13)2)20-10-4-9-17(3,12-19)18-15-6-7-15/h13-16,18-19H,4-12H2,1-3H3. The van der Waals surface area contributed by atoms with Crippen molar-refractivity contribution in [3.05, 3.63) is 0 Å². The van der Waals surface area contributed by atoms with Crippen molar-refractivity contribution >= 4 is 0 Å². The van der Waals surface area contributed by atoms with Crippen LogP contribution in [0, 0.1) is 11.8 Å². The van der Waals surface area contributed by atoms with E-state index in [2.05, 4.69) is 26.1 Å². The lowest BCUT2D eigenvalue weighted by Gasteiger charge is -2.33. The molecule has 4 atom stereocenters. The molecule has 118 valence electrons. The number of hydrogen-bond acceptors (Lipinski definition) is 3. The molecule has 0 aromatic heterocycles. The minimum atomic E-state index is -0.112. The molecule has 2 saturated carbocycles. The van der Waals surface area contributed by atoms with E-state index in [1.807, 2.05) is 0 Å². The van der Waals surface area contributed by atoms with E-state index in [0.29, 0.717) is 12.1 Å². The molecule has 4 unspecified atom stereocenters. The fraction of sp³-hybridized carbons (Fsp3) is 1.00. The summed E-state index contributed by atoms with van der Waals surface area (Å²) >= 11 is 0.